The van der Waals surface area contributed by atoms with Gasteiger partial charge in [-0.2, -0.15) is 0 Å². The number of rotatable bonds is 7. The van der Waals surface area contributed by atoms with E-state index in [2.05, 4.69) is 36.5 Å². The van der Waals surface area contributed by atoms with Gasteiger partial charge in [0.15, 0.2) is 6.61 Å². The summed E-state index contributed by atoms with van der Waals surface area (Å²) in [4.78, 5) is 26.6. The van der Waals surface area contributed by atoms with Crippen LogP contribution in [0.2, 0.25) is 0 Å². The summed E-state index contributed by atoms with van der Waals surface area (Å²) in [5.74, 6) is 0.790. The Morgan fingerprint density at radius 2 is 1.70 bits per heavy atom. The normalized spacial score (nSPS) is 14.4. The number of ether oxygens (including phenoxy) is 1. The summed E-state index contributed by atoms with van der Waals surface area (Å²) in [6.45, 7) is 7.53. The fraction of sp³-hybridized carbons (Fsp3) is 0.440. The lowest BCUT2D eigenvalue weighted by molar-refractivity contribution is -0.132. The maximum atomic E-state index is 12.5. The molecule has 0 unspecified atom stereocenters. The Balaban J connectivity index is 1.36. The van der Waals surface area contributed by atoms with Crippen molar-refractivity contribution < 1.29 is 14.3 Å². The van der Waals surface area contributed by atoms with Crippen LogP contribution in [0.15, 0.2) is 42.5 Å². The van der Waals surface area contributed by atoms with Crippen molar-refractivity contribution in [3.05, 3.63) is 64.7 Å². The molecule has 1 aliphatic heterocycles. The van der Waals surface area contributed by atoms with Gasteiger partial charge in [-0.3, -0.25) is 9.59 Å². The molecule has 0 saturated carbocycles. The minimum Gasteiger partial charge on any atom is -0.484 e. The predicted molar refractivity (Wildman–Crippen MR) is 119 cm³/mol. The quantitative estimate of drug-likeness (QED) is 0.759. The summed E-state index contributed by atoms with van der Waals surface area (Å²) in [7, 11) is 0. The fourth-order valence-corrected chi connectivity index (χ4v) is 3.66. The van der Waals surface area contributed by atoms with Gasteiger partial charge < -0.3 is 15.0 Å². The van der Waals surface area contributed by atoms with E-state index in [0.717, 1.165) is 24.8 Å². The van der Waals surface area contributed by atoms with Gasteiger partial charge in [0.25, 0.3) is 5.91 Å². The van der Waals surface area contributed by atoms with Crippen molar-refractivity contribution in [3.63, 3.8) is 0 Å². The zero-order valence-electron chi connectivity index (χ0n) is 18.2. The molecule has 1 fully saturated rings. The predicted octanol–water partition coefficient (Wildman–Crippen LogP) is 3.73. The minimum atomic E-state index is -0.114. The van der Waals surface area contributed by atoms with E-state index in [-0.39, 0.29) is 24.5 Å². The summed E-state index contributed by atoms with van der Waals surface area (Å²) in [6.07, 6.45) is 2.87. The molecule has 5 heteroatoms. The summed E-state index contributed by atoms with van der Waals surface area (Å²) in [6, 6.07) is 14.3. The molecule has 0 aliphatic carbocycles. The first-order chi connectivity index (χ1) is 14.4. The number of nitrogens with zero attached hydrogens (tertiary/aromatic N) is 1. The van der Waals surface area contributed by atoms with Crippen LogP contribution in [0, 0.1) is 20.8 Å². The molecular formula is C25H32N2O3. The Morgan fingerprint density at radius 1 is 1.00 bits per heavy atom. The number of benzene rings is 2. The van der Waals surface area contributed by atoms with E-state index in [1.54, 1.807) is 0 Å². The Morgan fingerprint density at radius 3 is 2.37 bits per heavy atom. The summed E-state index contributed by atoms with van der Waals surface area (Å²) in [5, 5.41) is 3.04. The molecule has 0 atom stereocenters. The van der Waals surface area contributed by atoms with Crippen LogP contribution in [-0.4, -0.2) is 42.5 Å². The Hall–Kier alpha value is -2.82. The molecular weight excluding hydrogens is 376 g/mol. The summed E-state index contributed by atoms with van der Waals surface area (Å²) < 4.78 is 5.61. The summed E-state index contributed by atoms with van der Waals surface area (Å²) in [5.41, 5.74) is 4.77. The van der Waals surface area contributed by atoms with Crippen LogP contribution in [-0.2, 0) is 16.0 Å². The number of carbonyl (C=O) groups excluding carboxylic acids is 2. The third-order valence-electron chi connectivity index (χ3n) is 5.81. The van der Waals surface area contributed by atoms with Gasteiger partial charge in [-0.25, -0.2) is 0 Å². The van der Waals surface area contributed by atoms with E-state index in [9.17, 15) is 9.59 Å². The first kappa shape index (κ1) is 21.9. The smallest absolute Gasteiger partial charge is 0.258 e. The fourth-order valence-electron chi connectivity index (χ4n) is 3.66. The number of aryl methyl sites for hydroxylation is 4. The lowest BCUT2D eigenvalue weighted by atomic mass is 10.0. The van der Waals surface area contributed by atoms with Crippen LogP contribution in [0.4, 0.5) is 0 Å². The first-order valence-corrected chi connectivity index (χ1v) is 10.7. The number of piperidine rings is 1. The van der Waals surface area contributed by atoms with Crippen molar-refractivity contribution in [1.29, 1.82) is 0 Å². The molecule has 160 valence electrons. The van der Waals surface area contributed by atoms with Crippen molar-refractivity contribution in [2.24, 2.45) is 0 Å². The molecule has 0 radical (unpaired) electrons. The highest BCUT2D eigenvalue weighted by Crippen LogP contribution is 2.17. The molecule has 0 spiro atoms. The van der Waals surface area contributed by atoms with E-state index in [4.69, 9.17) is 4.74 Å². The van der Waals surface area contributed by atoms with Crippen molar-refractivity contribution in [3.8, 4) is 5.75 Å². The zero-order chi connectivity index (χ0) is 21.5. The van der Waals surface area contributed by atoms with E-state index in [0.29, 0.717) is 25.3 Å². The van der Waals surface area contributed by atoms with Gasteiger partial charge >= 0.3 is 0 Å². The highest BCUT2D eigenvalue weighted by atomic mass is 16.5. The zero-order valence-corrected chi connectivity index (χ0v) is 18.2. The second-order valence-electron chi connectivity index (χ2n) is 8.24. The highest BCUT2D eigenvalue weighted by Gasteiger charge is 2.23. The Labute approximate surface area is 179 Å². The molecule has 1 saturated heterocycles. The van der Waals surface area contributed by atoms with E-state index in [1.807, 2.05) is 36.9 Å². The maximum Gasteiger partial charge on any atom is 0.258 e. The van der Waals surface area contributed by atoms with Gasteiger partial charge in [0.05, 0.1) is 0 Å². The number of hydrogen-bond acceptors (Lipinski definition) is 3. The molecule has 3 rings (SSSR count). The Kier molecular flexibility index (Phi) is 7.50. The van der Waals surface area contributed by atoms with Crippen LogP contribution in [0.5, 0.6) is 5.75 Å². The number of carbonyl (C=O) groups is 2. The van der Waals surface area contributed by atoms with Gasteiger partial charge in [0.1, 0.15) is 5.75 Å². The standard InChI is InChI=1S/C25H32N2O3/c1-18-4-7-21(8-5-18)9-11-25(29)27-14-12-22(13-15-27)26-24(28)17-30-23-10-6-19(2)20(3)16-23/h4-8,10,16,22H,9,11-15,17H2,1-3H3,(H,26,28). The van der Waals surface area contributed by atoms with Gasteiger partial charge in [-0.1, -0.05) is 35.9 Å². The minimum absolute atomic E-state index is 0.0121. The number of likely N-dealkylation sites (tertiary alicyclic amines) is 1. The van der Waals surface area contributed by atoms with Gasteiger partial charge in [0, 0.05) is 25.6 Å². The van der Waals surface area contributed by atoms with E-state index >= 15 is 0 Å². The lowest BCUT2D eigenvalue weighted by Gasteiger charge is -2.32. The van der Waals surface area contributed by atoms with Crippen LogP contribution in [0.1, 0.15) is 41.5 Å². The monoisotopic (exact) mass is 408 g/mol. The number of nitrogens with one attached hydrogen (secondary N) is 1. The molecule has 1 heterocycles. The van der Waals surface area contributed by atoms with Gasteiger partial charge in [-0.15, -0.1) is 0 Å². The highest BCUT2D eigenvalue weighted by molar-refractivity contribution is 5.78. The summed E-state index contributed by atoms with van der Waals surface area (Å²) >= 11 is 0. The molecule has 1 N–H and O–H groups in total. The van der Waals surface area contributed by atoms with Crippen molar-refractivity contribution in [2.45, 2.75) is 52.5 Å². The molecule has 0 aromatic heterocycles. The van der Waals surface area contributed by atoms with E-state index in [1.165, 1.54) is 16.7 Å². The molecule has 2 amide bonds. The van der Waals surface area contributed by atoms with Crippen LogP contribution in [0.3, 0.4) is 0 Å². The molecule has 2 aromatic rings. The topological polar surface area (TPSA) is 58.6 Å². The molecule has 0 bridgehead atoms. The lowest BCUT2D eigenvalue weighted by Crippen LogP contribution is -2.47. The van der Waals surface area contributed by atoms with Crippen molar-refractivity contribution in [1.82, 2.24) is 10.2 Å². The molecule has 30 heavy (non-hydrogen) atoms. The average Bonchev–Trinajstić information content (AvgIpc) is 2.74. The molecule has 5 nitrogen and oxygen atoms in total. The third-order valence-corrected chi connectivity index (χ3v) is 5.81. The number of hydrogen-bond donors (Lipinski definition) is 1. The second-order valence-corrected chi connectivity index (χ2v) is 8.24. The van der Waals surface area contributed by atoms with E-state index < -0.39 is 0 Å². The SMILES string of the molecule is Cc1ccc(CCC(=O)N2CCC(NC(=O)COc3ccc(C)c(C)c3)CC2)cc1. The Bertz CT molecular complexity index is 868. The number of amides is 2. The second kappa shape index (κ2) is 10.3. The van der Waals surface area contributed by atoms with Crippen molar-refractivity contribution >= 4 is 11.8 Å². The average molecular weight is 409 g/mol. The van der Waals surface area contributed by atoms with Crippen LogP contribution in [0.25, 0.3) is 0 Å². The maximum absolute atomic E-state index is 12.5. The molecule has 2 aromatic carbocycles. The largest absolute Gasteiger partial charge is 0.484 e. The van der Waals surface area contributed by atoms with Gasteiger partial charge in [-0.05, 0) is 68.9 Å². The van der Waals surface area contributed by atoms with Crippen LogP contribution < -0.4 is 10.1 Å². The van der Waals surface area contributed by atoms with Crippen molar-refractivity contribution in [2.75, 3.05) is 19.7 Å². The van der Waals surface area contributed by atoms with Crippen LogP contribution >= 0.6 is 0 Å². The molecule has 1 aliphatic rings. The van der Waals surface area contributed by atoms with Gasteiger partial charge in [0.2, 0.25) is 5.91 Å². The first-order valence-electron chi connectivity index (χ1n) is 10.7. The third kappa shape index (κ3) is 6.34.